The number of hydrogen-bond donors (Lipinski definition) is 2. The smallest absolute Gasteiger partial charge is 0.298 e. The Morgan fingerprint density at radius 2 is 2.15 bits per heavy atom. The van der Waals surface area contributed by atoms with E-state index in [9.17, 15) is 14.9 Å². The molecule has 6 nitrogen and oxygen atoms in total. The minimum absolute atomic E-state index is 0.0166. The molecule has 1 aliphatic heterocycles. The van der Waals surface area contributed by atoms with E-state index < -0.39 is 11.7 Å². The van der Waals surface area contributed by atoms with E-state index in [2.05, 4.69) is 22.9 Å². The van der Waals surface area contributed by atoms with Crippen molar-refractivity contribution < 1.29 is 14.0 Å². The molecule has 0 atom stereocenters. The molecular formula is C20H17FN4O2. The first-order valence-electron chi connectivity index (χ1n) is 8.34. The van der Waals surface area contributed by atoms with Gasteiger partial charge in [0.05, 0.1) is 16.6 Å². The van der Waals surface area contributed by atoms with Crippen LogP contribution in [-0.4, -0.2) is 34.8 Å². The minimum Gasteiger partial charge on any atom is -0.366 e. The van der Waals surface area contributed by atoms with Crippen LogP contribution in [0.15, 0.2) is 12.1 Å². The lowest BCUT2D eigenvalue weighted by Crippen LogP contribution is -2.34. The lowest BCUT2D eigenvalue weighted by molar-refractivity contribution is -0.124. The van der Waals surface area contributed by atoms with Crippen molar-refractivity contribution in [1.82, 2.24) is 9.88 Å². The van der Waals surface area contributed by atoms with Gasteiger partial charge in [0.25, 0.3) is 11.8 Å². The molecule has 1 aromatic carbocycles. The number of hydrogen-bond acceptors (Lipinski definition) is 3. The van der Waals surface area contributed by atoms with E-state index in [4.69, 9.17) is 5.73 Å². The van der Waals surface area contributed by atoms with Crippen LogP contribution in [0.5, 0.6) is 0 Å². The van der Waals surface area contributed by atoms with Crippen molar-refractivity contribution in [3.8, 4) is 17.9 Å². The first-order chi connectivity index (χ1) is 12.9. The van der Waals surface area contributed by atoms with Crippen LogP contribution < -0.4 is 5.73 Å². The second-order valence-electron chi connectivity index (χ2n) is 6.25. The summed E-state index contributed by atoms with van der Waals surface area (Å²) in [5, 5.41) is 9.86. The molecule has 3 rings (SSSR count). The van der Waals surface area contributed by atoms with E-state index in [1.807, 2.05) is 6.08 Å². The van der Waals surface area contributed by atoms with Gasteiger partial charge in [0, 0.05) is 29.7 Å². The molecule has 7 heteroatoms. The highest BCUT2D eigenvalue weighted by Gasteiger charge is 2.26. The van der Waals surface area contributed by atoms with E-state index in [0.29, 0.717) is 35.1 Å². The van der Waals surface area contributed by atoms with E-state index in [-0.39, 0.29) is 29.1 Å². The molecule has 3 N–H and O–H groups in total. The molecule has 136 valence electrons. The zero-order chi connectivity index (χ0) is 19.7. The molecule has 0 saturated carbocycles. The van der Waals surface area contributed by atoms with Gasteiger partial charge >= 0.3 is 0 Å². The van der Waals surface area contributed by atoms with Crippen molar-refractivity contribution in [2.45, 2.75) is 20.3 Å². The zero-order valence-electron chi connectivity index (χ0n) is 14.9. The Balaban J connectivity index is 2.24. The second kappa shape index (κ2) is 6.97. The van der Waals surface area contributed by atoms with Crippen LogP contribution in [0.3, 0.4) is 0 Å². The van der Waals surface area contributed by atoms with Crippen molar-refractivity contribution in [1.29, 1.82) is 5.26 Å². The Morgan fingerprint density at radius 1 is 1.41 bits per heavy atom. The number of primary amides is 1. The Morgan fingerprint density at radius 3 is 2.78 bits per heavy atom. The summed E-state index contributed by atoms with van der Waals surface area (Å²) in [6.45, 7) is 3.90. The van der Waals surface area contributed by atoms with Crippen molar-refractivity contribution in [2.75, 3.05) is 13.1 Å². The number of fused-ring (bicyclic) bond motifs is 1. The van der Waals surface area contributed by atoms with Gasteiger partial charge in [-0.15, -0.1) is 0 Å². The number of nitrogens with zero attached hydrogens (tertiary/aromatic N) is 2. The summed E-state index contributed by atoms with van der Waals surface area (Å²) in [5.41, 5.74) is 7.23. The predicted molar refractivity (Wildman–Crippen MR) is 98.9 cm³/mol. The number of rotatable bonds is 2. The fourth-order valence-corrected chi connectivity index (χ4v) is 3.40. The van der Waals surface area contributed by atoms with Gasteiger partial charge in [-0.3, -0.25) is 9.59 Å². The number of nitriles is 1. The molecule has 0 fully saturated rings. The van der Waals surface area contributed by atoms with Gasteiger partial charge in [0.1, 0.15) is 11.9 Å². The van der Waals surface area contributed by atoms with Crippen molar-refractivity contribution >= 4 is 28.3 Å². The zero-order valence-corrected chi connectivity index (χ0v) is 14.9. The van der Waals surface area contributed by atoms with Crippen LogP contribution in [0, 0.1) is 35.9 Å². The lowest BCUT2D eigenvalue weighted by atomic mass is 9.93. The highest BCUT2D eigenvalue weighted by Crippen LogP contribution is 2.35. The number of aromatic amines is 1. The average Bonchev–Trinajstić information content (AvgIpc) is 2.96. The Labute approximate surface area is 155 Å². The van der Waals surface area contributed by atoms with Gasteiger partial charge in [0.15, 0.2) is 0 Å². The highest BCUT2D eigenvalue weighted by molar-refractivity contribution is 6.10. The average molecular weight is 364 g/mol. The van der Waals surface area contributed by atoms with Crippen LogP contribution in [0.1, 0.15) is 40.5 Å². The number of aryl methyl sites for hydroxylation is 1. The van der Waals surface area contributed by atoms with Crippen LogP contribution in [0.4, 0.5) is 4.39 Å². The first kappa shape index (κ1) is 18.2. The van der Waals surface area contributed by atoms with Gasteiger partial charge in [-0.05, 0) is 37.8 Å². The number of carbonyl (C=O) groups excluding carboxylic acids is 2. The molecule has 0 unspecified atom stereocenters. The number of nitrogens with one attached hydrogen (secondary N) is 1. The molecule has 1 aliphatic rings. The van der Waals surface area contributed by atoms with Gasteiger partial charge < -0.3 is 15.6 Å². The largest absolute Gasteiger partial charge is 0.366 e. The maximum atomic E-state index is 15.0. The van der Waals surface area contributed by atoms with E-state index in [1.54, 1.807) is 13.8 Å². The standard InChI is InChI=1S/C20H17FN4O2/c1-3-5-16(26)25-7-4-6-12(10-25)17-15(21)8-13(20(23)27)19-18(17)14(9-22)11(2)24-19/h6,8,24H,4,7,10H2,1-2H3,(H2,23,27). The summed E-state index contributed by atoms with van der Waals surface area (Å²) < 4.78 is 15.0. The first-order valence-corrected chi connectivity index (χ1v) is 8.34. The van der Waals surface area contributed by atoms with Crippen LogP contribution in [0.25, 0.3) is 16.5 Å². The lowest BCUT2D eigenvalue weighted by Gasteiger charge is -2.26. The number of aromatic nitrogens is 1. The van der Waals surface area contributed by atoms with Crippen molar-refractivity contribution in [3.05, 3.63) is 40.3 Å². The molecule has 0 aliphatic carbocycles. The summed E-state index contributed by atoms with van der Waals surface area (Å²) in [5.74, 6) is 3.27. The monoisotopic (exact) mass is 364 g/mol. The summed E-state index contributed by atoms with van der Waals surface area (Å²) >= 11 is 0. The summed E-state index contributed by atoms with van der Waals surface area (Å²) in [6, 6.07) is 3.14. The summed E-state index contributed by atoms with van der Waals surface area (Å²) in [7, 11) is 0. The van der Waals surface area contributed by atoms with Crippen LogP contribution >= 0.6 is 0 Å². The van der Waals surface area contributed by atoms with Gasteiger partial charge in [-0.2, -0.15) is 5.26 Å². The van der Waals surface area contributed by atoms with Gasteiger partial charge in [-0.1, -0.05) is 12.0 Å². The Hall–Kier alpha value is -3.58. The number of amides is 2. The Kier molecular flexibility index (Phi) is 4.70. The minimum atomic E-state index is -0.788. The molecule has 0 spiro atoms. The Bertz CT molecular complexity index is 1110. The van der Waals surface area contributed by atoms with Gasteiger partial charge in [0.2, 0.25) is 0 Å². The molecular weight excluding hydrogens is 347 g/mol. The number of halogens is 1. The maximum Gasteiger partial charge on any atom is 0.298 e. The fourth-order valence-electron chi connectivity index (χ4n) is 3.40. The molecule has 1 aromatic heterocycles. The molecule has 2 heterocycles. The highest BCUT2D eigenvalue weighted by atomic mass is 19.1. The molecule has 0 saturated heterocycles. The van der Waals surface area contributed by atoms with E-state index >= 15 is 4.39 Å². The molecule has 27 heavy (non-hydrogen) atoms. The summed E-state index contributed by atoms with van der Waals surface area (Å²) in [4.78, 5) is 28.4. The summed E-state index contributed by atoms with van der Waals surface area (Å²) in [6.07, 6.45) is 2.38. The third-order valence-electron chi connectivity index (χ3n) is 4.59. The van der Waals surface area contributed by atoms with Crippen LogP contribution in [-0.2, 0) is 4.79 Å². The number of carbonyl (C=O) groups is 2. The second-order valence-corrected chi connectivity index (χ2v) is 6.25. The van der Waals surface area contributed by atoms with Crippen molar-refractivity contribution in [2.24, 2.45) is 5.73 Å². The van der Waals surface area contributed by atoms with Crippen molar-refractivity contribution in [3.63, 3.8) is 0 Å². The molecule has 2 amide bonds. The third kappa shape index (κ3) is 3.04. The fraction of sp³-hybridized carbons (Fsp3) is 0.250. The SMILES string of the molecule is CC#CC(=O)N1CCC=C(c2c(F)cc(C(N)=O)c3[nH]c(C)c(C#N)c23)C1. The number of nitrogens with two attached hydrogens (primary N) is 1. The topological polar surface area (TPSA) is 103 Å². The quantitative estimate of drug-likeness (QED) is 0.799. The van der Waals surface area contributed by atoms with E-state index in [1.165, 1.54) is 4.90 Å². The van der Waals surface area contributed by atoms with Crippen LogP contribution in [0.2, 0.25) is 0 Å². The van der Waals surface area contributed by atoms with Gasteiger partial charge in [-0.25, -0.2) is 4.39 Å². The molecule has 0 bridgehead atoms. The third-order valence-corrected chi connectivity index (χ3v) is 4.59. The number of benzene rings is 1. The normalized spacial score (nSPS) is 13.6. The predicted octanol–water partition coefficient (Wildman–Crippen LogP) is 2.23. The number of H-pyrrole nitrogens is 1. The molecule has 2 aromatic rings. The van der Waals surface area contributed by atoms with E-state index in [0.717, 1.165) is 6.07 Å². The molecule has 0 radical (unpaired) electrons. The maximum absolute atomic E-state index is 15.0.